The van der Waals surface area contributed by atoms with Gasteiger partial charge in [-0.05, 0) is 250 Å². The quantitative estimate of drug-likeness (QED) is 0.113. The van der Waals surface area contributed by atoms with E-state index in [2.05, 4.69) is 436 Å². The maximum Gasteiger partial charge on any atom is 0.0713 e. The van der Waals surface area contributed by atoms with Crippen LogP contribution in [0.4, 0.5) is 34.1 Å². The summed E-state index contributed by atoms with van der Waals surface area (Å²) in [6.45, 7) is 4.83. The van der Waals surface area contributed by atoms with Crippen molar-refractivity contribution < 1.29 is 0 Å². The van der Waals surface area contributed by atoms with Crippen LogP contribution in [0, 0.1) is 0 Å². The fourth-order valence-corrected chi connectivity index (χ4v) is 21.0. The van der Waals surface area contributed by atoms with E-state index in [9.17, 15) is 0 Å². The van der Waals surface area contributed by atoms with Crippen molar-refractivity contribution in [3.05, 3.63) is 468 Å². The smallest absolute Gasteiger partial charge is 0.0713 e. The van der Waals surface area contributed by atoms with Crippen molar-refractivity contribution >= 4 is 77.2 Å². The van der Waals surface area contributed by atoms with Crippen LogP contribution in [0.25, 0.3) is 121 Å². The highest BCUT2D eigenvalue weighted by Gasteiger charge is 2.48. The molecular weight excluding hydrogens is 1360 g/mol. The maximum absolute atomic E-state index is 2.59. The Labute approximate surface area is 658 Å². The van der Waals surface area contributed by atoms with Crippen molar-refractivity contribution in [3.8, 4) is 77.9 Å². The van der Waals surface area contributed by atoms with Crippen molar-refractivity contribution in [2.45, 2.75) is 30.1 Å². The van der Waals surface area contributed by atoms with E-state index in [1.165, 1.54) is 133 Å². The molecule has 4 aliphatic rings. The van der Waals surface area contributed by atoms with Gasteiger partial charge in [0.05, 0.1) is 16.5 Å². The molecular formula is C111H74N2. The molecule has 4 aliphatic carbocycles. The van der Waals surface area contributed by atoms with E-state index in [4.69, 9.17) is 0 Å². The van der Waals surface area contributed by atoms with Crippen molar-refractivity contribution in [1.29, 1.82) is 0 Å². The lowest BCUT2D eigenvalue weighted by Gasteiger charge is -2.36. The predicted molar refractivity (Wildman–Crippen MR) is 473 cm³/mol. The van der Waals surface area contributed by atoms with Gasteiger partial charge in [-0.15, -0.1) is 0 Å². The summed E-state index contributed by atoms with van der Waals surface area (Å²) in [6.07, 6.45) is 0. The highest BCUT2D eigenvalue weighted by molar-refractivity contribution is 6.24. The van der Waals surface area contributed by atoms with Crippen LogP contribution in [0.5, 0.6) is 0 Å². The van der Waals surface area contributed by atoms with Gasteiger partial charge in [0.25, 0.3) is 0 Å². The fourth-order valence-electron chi connectivity index (χ4n) is 21.0. The zero-order valence-corrected chi connectivity index (χ0v) is 62.7. The van der Waals surface area contributed by atoms with Gasteiger partial charge >= 0.3 is 0 Å². The normalized spacial score (nSPS) is 13.8. The van der Waals surface area contributed by atoms with E-state index in [0.717, 1.165) is 77.9 Å². The summed E-state index contributed by atoms with van der Waals surface area (Å²) < 4.78 is 0. The van der Waals surface area contributed by atoms with Crippen molar-refractivity contribution in [3.63, 3.8) is 0 Å². The predicted octanol–water partition coefficient (Wildman–Crippen LogP) is 29.3. The third kappa shape index (κ3) is 9.30. The van der Waals surface area contributed by atoms with Crippen LogP contribution >= 0.6 is 0 Å². The molecule has 113 heavy (non-hydrogen) atoms. The van der Waals surface area contributed by atoms with E-state index >= 15 is 0 Å². The van der Waals surface area contributed by atoms with Gasteiger partial charge in [0, 0.05) is 39.2 Å². The Balaban J connectivity index is 0.852. The molecule has 0 fully saturated rings. The van der Waals surface area contributed by atoms with E-state index < -0.39 is 10.8 Å². The summed E-state index contributed by atoms with van der Waals surface area (Å²) in [7, 11) is 0. The number of para-hydroxylation sites is 2. The highest BCUT2D eigenvalue weighted by Crippen LogP contribution is 2.62. The number of fused-ring (bicyclic) bond motifs is 13. The zero-order valence-electron chi connectivity index (χ0n) is 62.7. The number of hydrogen-bond donors (Lipinski definition) is 0. The molecule has 2 nitrogen and oxygen atoms in total. The largest absolute Gasteiger partial charge is 0.310 e. The van der Waals surface area contributed by atoms with Gasteiger partial charge in [0.2, 0.25) is 0 Å². The Morgan fingerprint density at radius 2 is 0.549 bits per heavy atom. The van der Waals surface area contributed by atoms with Crippen LogP contribution in [-0.2, 0) is 16.2 Å². The first-order valence-electron chi connectivity index (χ1n) is 39.6. The summed E-state index contributed by atoms with van der Waals surface area (Å²) in [4.78, 5) is 5.03. The first-order chi connectivity index (χ1) is 55.8. The second kappa shape index (κ2) is 24.9. The van der Waals surface area contributed by atoms with Gasteiger partial charge in [0.15, 0.2) is 0 Å². The Kier molecular flexibility index (Phi) is 14.3. The lowest BCUT2D eigenvalue weighted by molar-refractivity contribution is 0.645. The standard InChI is InChI=1S/C111H74N2/c1-109(2)100-53-28-31-71-30-27-48-91(107(71)100)89-61-56-82(70-101(89)109)112(78-40-17-7-18-41-78)80-57-62-93-96(68-80)105(72-54-59-87-85-46-23-25-51-98(85)110(102(87)66-72,74-32-9-3-10-33-74)75-34-11-4-12-35-75)94-63-58-81(113(79-42-19-8-20-43-79)104-65-64-92-84-45-22-21-44-83(84)90-49-29-50-95(104)108(90)92)69-97(94)106(93)73-55-60-88-86-47-24-26-52-99(86)111(103(88)67-73,76-36-13-5-14-37-76)77-38-15-6-16-39-77/h3-70H,1-2H3. The van der Waals surface area contributed by atoms with Crippen LogP contribution in [0.3, 0.4) is 0 Å². The molecule has 0 amide bonds. The average molecular weight is 1440 g/mol. The zero-order chi connectivity index (χ0) is 74.7. The summed E-state index contributed by atoms with van der Waals surface area (Å²) in [5, 5.41) is 9.69. The van der Waals surface area contributed by atoms with E-state index in [1.807, 2.05) is 0 Å². The van der Waals surface area contributed by atoms with Crippen LogP contribution in [0.2, 0.25) is 0 Å². The molecule has 0 spiro atoms. The summed E-state index contributed by atoms with van der Waals surface area (Å²) in [5.41, 5.74) is 34.7. The topological polar surface area (TPSA) is 6.48 Å². The number of anilines is 6. The minimum atomic E-state index is -0.659. The first-order valence-corrected chi connectivity index (χ1v) is 39.6. The third-order valence-corrected chi connectivity index (χ3v) is 25.7. The molecule has 0 unspecified atom stereocenters. The molecule has 0 N–H and O–H groups in total. The second-order valence-electron chi connectivity index (χ2n) is 31.6. The average Bonchev–Trinajstić information content (AvgIpc) is 1.41. The van der Waals surface area contributed by atoms with Gasteiger partial charge in [-0.25, -0.2) is 0 Å². The molecule has 19 aromatic carbocycles. The first kappa shape index (κ1) is 64.8. The third-order valence-electron chi connectivity index (χ3n) is 25.7. The second-order valence-corrected chi connectivity index (χ2v) is 31.6. The Morgan fingerprint density at radius 1 is 0.195 bits per heavy atom. The molecule has 0 atom stereocenters. The minimum absolute atomic E-state index is 0.307. The number of rotatable bonds is 12. The molecule has 0 heterocycles. The molecule has 0 aliphatic heterocycles. The van der Waals surface area contributed by atoms with Crippen LogP contribution < -0.4 is 9.80 Å². The minimum Gasteiger partial charge on any atom is -0.310 e. The van der Waals surface area contributed by atoms with E-state index in [1.54, 1.807) is 0 Å². The SMILES string of the molecule is CC1(C)c2cc(N(c3ccccc3)c3ccc4c(-c5ccc6c(c5)C(c5ccccc5)(c5ccccc5)c5ccccc5-6)c5cc(N(c6ccccc6)c6ccc7c8c(cccc68)-c6ccccc6-7)ccc5c(-c5ccc6c(c5)C(c5ccccc5)(c5ccccc5)c5ccccc5-6)c4c3)ccc2-c2cccc3cccc1c23. The summed E-state index contributed by atoms with van der Waals surface area (Å²) in [6, 6.07) is 157. The van der Waals surface area contributed by atoms with Gasteiger partial charge in [0.1, 0.15) is 0 Å². The molecule has 0 radical (unpaired) electrons. The number of hydrogen-bond acceptors (Lipinski definition) is 2. The van der Waals surface area contributed by atoms with Gasteiger partial charge in [-0.2, -0.15) is 0 Å². The van der Waals surface area contributed by atoms with Gasteiger partial charge in [-0.1, -0.05) is 347 Å². The molecule has 23 rings (SSSR count). The molecule has 528 valence electrons. The van der Waals surface area contributed by atoms with Crippen LogP contribution in [0.1, 0.15) is 69.5 Å². The molecule has 2 heteroatoms. The maximum atomic E-state index is 2.59. The summed E-state index contributed by atoms with van der Waals surface area (Å²) in [5.74, 6) is 0. The molecule has 0 aromatic heterocycles. The molecule has 0 saturated heterocycles. The lowest BCUT2D eigenvalue weighted by atomic mass is 9.67. The van der Waals surface area contributed by atoms with Gasteiger partial charge < -0.3 is 9.80 Å². The number of nitrogens with zero attached hydrogens (tertiary/aromatic N) is 2. The van der Waals surface area contributed by atoms with Gasteiger partial charge in [-0.3, -0.25) is 0 Å². The Bertz CT molecular complexity index is 7010. The Morgan fingerprint density at radius 3 is 1.06 bits per heavy atom. The van der Waals surface area contributed by atoms with E-state index in [0.29, 0.717) is 0 Å². The van der Waals surface area contributed by atoms with Crippen molar-refractivity contribution in [2.75, 3.05) is 9.80 Å². The Hall–Kier alpha value is -14.2. The summed E-state index contributed by atoms with van der Waals surface area (Å²) >= 11 is 0. The number of benzene rings is 19. The monoisotopic (exact) mass is 1430 g/mol. The lowest BCUT2D eigenvalue weighted by Crippen LogP contribution is -2.28. The fraction of sp³-hybridized carbons (Fsp3) is 0.0450. The van der Waals surface area contributed by atoms with Crippen molar-refractivity contribution in [2.24, 2.45) is 0 Å². The van der Waals surface area contributed by atoms with Crippen molar-refractivity contribution in [1.82, 2.24) is 0 Å². The molecule has 0 bridgehead atoms. The van der Waals surface area contributed by atoms with Crippen LogP contribution in [-0.4, -0.2) is 0 Å². The highest BCUT2D eigenvalue weighted by atomic mass is 15.1. The van der Waals surface area contributed by atoms with E-state index in [-0.39, 0.29) is 5.41 Å². The van der Waals surface area contributed by atoms with Crippen LogP contribution in [0.15, 0.2) is 413 Å². The molecule has 0 saturated carbocycles. The molecule has 19 aromatic rings.